The molecule has 2 aromatic heterocycles. The van der Waals surface area contributed by atoms with Gasteiger partial charge in [0.25, 0.3) is 0 Å². The van der Waals surface area contributed by atoms with Crippen LogP contribution in [0.15, 0.2) is 211 Å². The van der Waals surface area contributed by atoms with Crippen molar-refractivity contribution in [2.75, 3.05) is 4.90 Å². The summed E-state index contributed by atoms with van der Waals surface area (Å²) in [5.74, 6) is 0. The molecule has 1 aliphatic rings. The number of nitrogens with zero attached hydrogens (tertiary/aromatic N) is 2. The van der Waals surface area contributed by atoms with E-state index in [1.807, 2.05) is 0 Å². The van der Waals surface area contributed by atoms with E-state index in [-0.39, 0.29) is 0 Å². The van der Waals surface area contributed by atoms with Gasteiger partial charge in [-0.25, -0.2) is 0 Å². The molecule has 0 atom stereocenters. The smallest absolute Gasteiger partial charge is 0.145 e. The van der Waals surface area contributed by atoms with Gasteiger partial charge in [0, 0.05) is 44.2 Å². The van der Waals surface area contributed by atoms with Crippen LogP contribution < -0.4 is 4.90 Å². The van der Waals surface area contributed by atoms with E-state index < -0.39 is 5.41 Å². The number of benzene rings is 9. The molecular weight excluding hydrogens is 741 g/mol. The zero-order valence-corrected chi connectivity index (χ0v) is 34.1. The first kappa shape index (κ1) is 35.3. The Bertz CT molecular complexity index is 3440. The molecule has 0 amide bonds. The molecule has 2 heterocycles. The number of aromatic nitrogens is 1. The summed E-state index contributed by atoms with van der Waals surface area (Å²) in [6.45, 7) is 4.41. The quantitative estimate of drug-likeness (QED) is 0.168. The number of fused-ring (bicyclic) bond motifs is 10. The summed E-state index contributed by atoms with van der Waals surface area (Å²) in [7, 11) is 0. The number of hydrogen-bond acceptors (Lipinski definition) is 2. The molecule has 3 nitrogen and oxygen atoms in total. The van der Waals surface area contributed by atoms with Crippen molar-refractivity contribution in [2.24, 2.45) is 0 Å². The first-order valence-corrected chi connectivity index (χ1v) is 21.2. The van der Waals surface area contributed by atoms with Crippen LogP contribution in [0.1, 0.15) is 33.4 Å². The highest BCUT2D eigenvalue weighted by Crippen LogP contribution is 2.56. The number of rotatable bonds is 6. The average molecular weight is 783 g/mol. The Kier molecular flexibility index (Phi) is 7.95. The third-order valence-corrected chi connectivity index (χ3v) is 13.0. The van der Waals surface area contributed by atoms with Gasteiger partial charge in [-0.1, -0.05) is 157 Å². The Labute approximate surface area is 355 Å². The highest BCUT2D eigenvalue weighted by atomic mass is 16.3. The SMILES string of the molecule is Cc1cccc(C2(c3cccc(C)c3)Cc3cc(N(c4ccccc4)c4ccc5c(c4)c4ccccc4n5-c4ccccc4)c4c(oc5ccccc54)c3-c3ccccc32)c1. The zero-order chi connectivity index (χ0) is 40.7. The fraction of sp³-hybridized carbons (Fsp3) is 0.0690. The second-order valence-corrected chi connectivity index (χ2v) is 16.7. The fourth-order valence-corrected chi connectivity index (χ4v) is 10.5. The van der Waals surface area contributed by atoms with Gasteiger partial charge in [0.15, 0.2) is 0 Å². The van der Waals surface area contributed by atoms with Crippen LogP contribution in [-0.2, 0) is 11.8 Å². The van der Waals surface area contributed by atoms with Crippen LogP contribution in [-0.4, -0.2) is 4.57 Å². The van der Waals surface area contributed by atoms with E-state index in [0.29, 0.717) is 0 Å². The number of hydrogen-bond donors (Lipinski definition) is 0. The average Bonchev–Trinajstić information content (AvgIpc) is 3.86. The molecule has 0 spiro atoms. The van der Waals surface area contributed by atoms with Gasteiger partial charge in [-0.2, -0.15) is 0 Å². The van der Waals surface area contributed by atoms with E-state index in [4.69, 9.17) is 4.42 Å². The predicted molar refractivity (Wildman–Crippen MR) is 254 cm³/mol. The molecule has 11 aromatic rings. The number of anilines is 3. The zero-order valence-electron chi connectivity index (χ0n) is 34.1. The normalized spacial score (nSPS) is 13.1. The first-order valence-electron chi connectivity index (χ1n) is 21.2. The molecule has 0 saturated heterocycles. The van der Waals surface area contributed by atoms with E-state index >= 15 is 0 Å². The van der Waals surface area contributed by atoms with Crippen molar-refractivity contribution < 1.29 is 4.42 Å². The van der Waals surface area contributed by atoms with Crippen molar-refractivity contribution in [2.45, 2.75) is 25.7 Å². The van der Waals surface area contributed by atoms with E-state index in [1.165, 1.54) is 66.3 Å². The van der Waals surface area contributed by atoms with Crippen LogP contribution in [0.2, 0.25) is 0 Å². The third kappa shape index (κ3) is 5.37. The molecule has 0 saturated carbocycles. The van der Waals surface area contributed by atoms with E-state index in [2.05, 4.69) is 230 Å². The molecule has 0 radical (unpaired) electrons. The highest BCUT2D eigenvalue weighted by Gasteiger charge is 2.44. The summed E-state index contributed by atoms with van der Waals surface area (Å²) in [6.07, 6.45) is 0.762. The van der Waals surface area contributed by atoms with Crippen LogP contribution in [0.25, 0.3) is 60.6 Å². The first-order chi connectivity index (χ1) is 30.1. The molecule has 1 aliphatic carbocycles. The summed E-state index contributed by atoms with van der Waals surface area (Å²) in [4.78, 5) is 2.46. The maximum absolute atomic E-state index is 7.14. The van der Waals surface area contributed by atoms with E-state index in [9.17, 15) is 0 Å². The lowest BCUT2D eigenvalue weighted by molar-refractivity contribution is 0.602. The van der Waals surface area contributed by atoms with Gasteiger partial charge in [0.2, 0.25) is 0 Å². The maximum Gasteiger partial charge on any atom is 0.145 e. The summed E-state index contributed by atoms with van der Waals surface area (Å²) in [6, 6.07) is 75.6. The number of para-hydroxylation sites is 4. The summed E-state index contributed by atoms with van der Waals surface area (Å²) in [5.41, 5.74) is 18.2. The van der Waals surface area contributed by atoms with Crippen molar-refractivity contribution in [1.29, 1.82) is 0 Å². The molecule has 290 valence electrons. The van der Waals surface area contributed by atoms with E-state index in [1.54, 1.807) is 0 Å². The summed E-state index contributed by atoms with van der Waals surface area (Å²) >= 11 is 0. The molecule has 9 aromatic carbocycles. The third-order valence-electron chi connectivity index (χ3n) is 13.0. The second-order valence-electron chi connectivity index (χ2n) is 16.7. The van der Waals surface area contributed by atoms with Crippen LogP contribution in [0.5, 0.6) is 0 Å². The molecule has 0 N–H and O–H groups in total. The Morgan fingerprint density at radius 2 is 1.15 bits per heavy atom. The van der Waals surface area contributed by atoms with Gasteiger partial charge < -0.3 is 13.9 Å². The minimum Gasteiger partial charge on any atom is -0.455 e. The fourth-order valence-electron chi connectivity index (χ4n) is 10.5. The van der Waals surface area contributed by atoms with E-state index in [0.717, 1.165) is 51.1 Å². The van der Waals surface area contributed by atoms with Gasteiger partial charge in [0.05, 0.1) is 22.1 Å². The van der Waals surface area contributed by atoms with Crippen LogP contribution in [0, 0.1) is 13.8 Å². The molecule has 0 bridgehead atoms. The van der Waals surface area contributed by atoms with Gasteiger partial charge in [-0.05, 0) is 109 Å². The molecule has 61 heavy (non-hydrogen) atoms. The van der Waals surface area contributed by atoms with Crippen LogP contribution in [0.4, 0.5) is 17.1 Å². The molecule has 0 unspecified atom stereocenters. The maximum atomic E-state index is 7.14. The van der Waals surface area contributed by atoms with Gasteiger partial charge in [0.1, 0.15) is 11.2 Å². The molecule has 0 aliphatic heterocycles. The Hall–Kier alpha value is -7.62. The van der Waals surface area contributed by atoms with Gasteiger partial charge >= 0.3 is 0 Å². The standard InChI is InChI=1S/C58H42N2O/c1-38-17-15-19-41(33-38)58(42-20-16-18-39(2)34-42)37-40-35-53(56-48-27-11-14-30-54(48)61-57(56)55(40)47-26-9-12-28-50(47)58)59(43-21-5-3-6-22-43)45-31-32-52-49(36-45)46-25-10-13-29-51(46)60(52)44-23-7-4-8-24-44/h3-36H,37H2,1-2H3. The monoisotopic (exact) mass is 782 g/mol. The topological polar surface area (TPSA) is 21.3 Å². The Morgan fingerprint density at radius 1 is 0.508 bits per heavy atom. The largest absolute Gasteiger partial charge is 0.455 e. The van der Waals surface area contributed by atoms with Crippen molar-refractivity contribution in [1.82, 2.24) is 4.57 Å². The second kappa shape index (κ2) is 13.7. The molecule has 12 rings (SSSR count). The predicted octanol–water partition coefficient (Wildman–Crippen LogP) is 15.3. The summed E-state index contributed by atoms with van der Waals surface area (Å²) < 4.78 is 9.52. The number of furan rings is 1. The molecule has 3 heteroatoms. The van der Waals surface area contributed by atoms with Gasteiger partial charge in [-0.3, -0.25) is 0 Å². The van der Waals surface area contributed by atoms with Crippen LogP contribution >= 0.6 is 0 Å². The minimum atomic E-state index is -0.450. The summed E-state index contributed by atoms with van der Waals surface area (Å²) in [5, 5.41) is 4.64. The van der Waals surface area contributed by atoms with Crippen molar-refractivity contribution in [3.8, 4) is 16.8 Å². The Morgan fingerprint density at radius 3 is 1.90 bits per heavy atom. The lowest BCUT2D eigenvalue weighted by Crippen LogP contribution is -2.35. The number of aryl methyl sites for hydroxylation is 2. The lowest BCUT2D eigenvalue weighted by atomic mass is 9.60. The van der Waals surface area contributed by atoms with Crippen molar-refractivity contribution >= 4 is 60.8 Å². The lowest BCUT2D eigenvalue weighted by Gasteiger charge is -2.42. The Balaban J connectivity index is 1.18. The van der Waals surface area contributed by atoms with Crippen molar-refractivity contribution in [3.63, 3.8) is 0 Å². The van der Waals surface area contributed by atoms with Crippen LogP contribution in [0.3, 0.4) is 0 Å². The van der Waals surface area contributed by atoms with Crippen molar-refractivity contribution in [3.05, 3.63) is 240 Å². The molecular formula is C58H42N2O. The van der Waals surface area contributed by atoms with Gasteiger partial charge in [-0.15, -0.1) is 0 Å². The minimum absolute atomic E-state index is 0.450. The highest BCUT2D eigenvalue weighted by molar-refractivity contribution is 6.19. The molecule has 0 fully saturated rings.